The van der Waals surface area contributed by atoms with Gasteiger partial charge in [-0.15, -0.1) is 11.3 Å². The minimum absolute atomic E-state index is 0.0925. The molecular formula is C17H24N2O3S. The Morgan fingerprint density at radius 3 is 2.78 bits per heavy atom. The molecule has 1 saturated carbocycles. The molecule has 2 atom stereocenters. The van der Waals surface area contributed by atoms with Crippen LogP contribution < -0.4 is 0 Å². The summed E-state index contributed by atoms with van der Waals surface area (Å²) in [7, 11) is 1.44. The Kier molecular flexibility index (Phi) is 3.99. The van der Waals surface area contributed by atoms with Crippen LogP contribution in [0.5, 0.6) is 0 Å². The van der Waals surface area contributed by atoms with Gasteiger partial charge >= 0.3 is 5.97 Å². The zero-order valence-electron chi connectivity index (χ0n) is 14.2. The lowest BCUT2D eigenvalue weighted by Gasteiger charge is -2.54. The third kappa shape index (κ3) is 2.67. The Labute approximate surface area is 141 Å². The van der Waals surface area contributed by atoms with Gasteiger partial charge in [0.2, 0.25) is 5.91 Å². The van der Waals surface area contributed by atoms with Gasteiger partial charge in [-0.05, 0) is 31.1 Å². The van der Waals surface area contributed by atoms with Crippen molar-refractivity contribution >= 4 is 23.2 Å². The van der Waals surface area contributed by atoms with Crippen molar-refractivity contribution in [3.8, 4) is 0 Å². The normalized spacial score (nSPS) is 28.2. The first-order valence-electron chi connectivity index (χ1n) is 8.06. The van der Waals surface area contributed by atoms with Crippen LogP contribution in [-0.2, 0) is 20.7 Å². The number of rotatable bonds is 4. The summed E-state index contributed by atoms with van der Waals surface area (Å²) in [6.45, 7) is 7.48. The smallest absolute Gasteiger partial charge is 0.314 e. The van der Waals surface area contributed by atoms with Gasteiger partial charge in [0.25, 0.3) is 0 Å². The van der Waals surface area contributed by atoms with Crippen LogP contribution in [0.3, 0.4) is 0 Å². The highest BCUT2D eigenvalue weighted by molar-refractivity contribution is 7.09. The average molecular weight is 336 g/mol. The summed E-state index contributed by atoms with van der Waals surface area (Å²) in [5.41, 5.74) is 0.589. The Hall–Kier alpha value is -1.43. The maximum Gasteiger partial charge on any atom is 0.314 e. The maximum atomic E-state index is 12.6. The molecule has 3 rings (SSSR count). The Balaban J connectivity index is 1.65. The van der Waals surface area contributed by atoms with Gasteiger partial charge in [0, 0.05) is 24.9 Å². The van der Waals surface area contributed by atoms with E-state index in [-0.39, 0.29) is 23.2 Å². The van der Waals surface area contributed by atoms with Crippen LogP contribution in [0.2, 0.25) is 0 Å². The summed E-state index contributed by atoms with van der Waals surface area (Å²) in [6, 6.07) is 0. The highest BCUT2D eigenvalue weighted by Gasteiger charge is 2.67. The molecule has 0 bridgehead atoms. The Bertz CT molecular complexity index is 640. The number of hydrogen-bond donors (Lipinski definition) is 0. The van der Waals surface area contributed by atoms with Gasteiger partial charge in [-0.25, -0.2) is 4.98 Å². The van der Waals surface area contributed by atoms with E-state index < -0.39 is 5.41 Å². The van der Waals surface area contributed by atoms with Crippen molar-refractivity contribution in [2.75, 3.05) is 20.2 Å². The summed E-state index contributed by atoms with van der Waals surface area (Å²) >= 11 is 1.61. The molecule has 5 nitrogen and oxygen atoms in total. The number of carbonyl (C=O) groups is 2. The first kappa shape index (κ1) is 16.4. The molecule has 0 radical (unpaired) electrons. The van der Waals surface area contributed by atoms with Crippen LogP contribution in [0.25, 0.3) is 0 Å². The van der Waals surface area contributed by atoms with Gasteiger partial charge in [0.05, 0.1) is 23.2 Å². The lowest BCUT2D eigenvalue weighted by atomic mass is 9.48. The van der Waals surface area contributed by atoms with Crippen molar-refractivity contribution in [1.82, 2.24) is 9.88 Å². The van der Waals surface area contributed by atoms with E-state index in [1.165, 1.54) is 7.11 Å². The zero-order chi connectivity index (χ0) is 16.8. The molecule has 0 aromatic carbocycles. The molecule has 0 unspecified atom stereocenters. The molecule has 1 aromatic heterocycles. The van der Waals surface area contributed by atoms with Crippen LogP contribution in [0.1, 0.15) is 37.4 Å². The van der Waals surface area contributed by atoms with Crippen molar-refractivity contribution in [2.45, 2.75) is 40.0 Å². The van der Waals surface area contributed by atoms with Gasteiger partial charge in [0.15, 0.2) is 0 Å². The summed E-state index contributed by atoms with van der Waals surface area (Å²) in [4.78, 5) is 31.1. The number of hydrogen-bond acceptors (Lipinski definition) is 5. The highest BCUT2D eigenvalue weighted by atomic mass is 32.1. The largest absolute Gasteiger partial charge is 0.469 e. The number of aromatic nitrogens is 1. The van der Waals surface area contributed by atoms with E-state index in [4.69, 9.17) is 4.74 Å². The molecular weight excluding hydrogens is 312 g/mol. The first-order valence-corrected chi connectivity index (χ1v) is 8.94. The van der Waals surface area contributed by atoms with Crippen molar-refractivity contribution in [1.29, 1.82) is 0 Å². The first-order chi connectivity index (χ1) is 10.8. The third-order valence-corrected chi connectivity index (χ3v) is 6.29. The molecule has 126 valence electrons. The molecule has 1 aromatic rings. The van der Waals surface area contributed by atoms with Crippen LogP contribution in [0.4, 0.5) is 0 Å². The molecule has 1 aliphatic carbocycles. The summed E-state index contributed by atoms with van der Waals surface area (Å²) in [5.74, 6) is 0.157. The highest BCUT2D eigenvalue weighted by Crippen LogP contribution is 2.63. The molecule has 23 heavy (non-hydrogen) atoms. The monoisotopic (exact) mass is 336 g/mol. The average Bonchev–Trinajstić information content (AvgIpc) is 3.06. The Morgan fingerprint density at radius 2 is 2.22 bits per heavy atom. The minimum atomic E-state index is -0.481. The number of carbonyl (C=O) groups excluding carboxylic acids is 2. The number of ether oxygens (including phenoxy) is 1. The second kappa shape index (κ2) is 5.58. The van der Waals surface area contributed by atoms with E-state index in [2.05, 4.69) is 18.8 Å². The number of likely N-dealkylation sites (tertiary alicyclic amines) is 1. The lowest BCUT2D eigenvalue weighted by molar-refractivity contribution is -0.174. The number of thiazole rings is 1. The fourth-order valence-corrected chi connectivity index (χ4v) is 5.13. The van der Waals surface area contributed by atoms with Crippen molar-refractivity contribution in [2.24, 2.45) is 16.7 Å². The quantitative estimate of drug-likeness (QED) is 0.793. The predicted molar refractivity (Wildman–Crippen MR) is 88.1 cm³/mol. The summed E-state index contributed by atoms with van der Waals surface area (Å²) < 4.78 is 5.03. The van der Waals surface area contributed by atoms with Crippen LogP contribution in [0.15, 0.2) is 5.38 Å². The van der Waals surface area contributed by atoms with Crippen LogP contribution >= 0.6 is 11.3 Å². The predicted octanol–water partition coefficient (Wildman–Crippen LogP) is 2.43. The number of methoxy groups -OCH3 is 1. The molecule has 0 N–H and O–H groups in total. The van der Waals surface area contributed by atoms with E-state index in [1.54, 1.807) is 11.3 Å². The van der Waals surface area contributed by atoms with Gasteiger partial charge in [-0.1, -0.05) is 13.8 Å². The molecule has 2 fully saturated rings. The van der Waals surface area contributed by atoms with Gasteiger partial charge < -0.3 is 9.64 Å². The van der Waals surface area contributed by atoms with Gasteiger partial charge in [-0.3, -0.25) is 9.59 Å². The Morgan fingerprint density at radius 1 is 1.48 bits per heavy atom. The number of fused-ring (bicyclic) bond motifs is 1. The summed E-state index contributed by atoms with van der Waals surface area (Å²) in [5, 5.41) is 3.04. The molecule has 1 amide bonds. The van der Waals surface area contributed by atoms with Crippen molar-refractivity contribution in [3.63, 3.8) is 0 Å². The minimum Gasteiger partial charge on any atom is -0.469 e. The fraction of sp³-hybridized carbons (Fsp3) is 0.706. The van der Waals surface area contributed by atoms with E-state index in [1.807, 2.05) is 17.2 Å². The number of esters is 1. The number of aryl methyl sites for hydroxylation is 2. The second-order valence-electron chi connectivity index (χ2n) is 7.50. The van der Waals surface area contributed by atoms with Crippen LogP contribution in [0, 0.1) is 23.7 Å². The van der Waals surface area contributed by atoms with Crippen molar-refractivity contribution < 1.29 is 14.3 Å². The molecule has 1 saturated heterocycles. The van der Waals surface area contributed by atoms with E-state index >= 15 is 0 Å². The fourth-order valence-electron chi connectivity index (χ4n) is 4.48. The van der Waals surface area contributed by atoms with Gasteiger partial charge in [0.1, 0.15) is 0 Å². The van der Waals surface area contributed by atoms with E-state index in [0.29, 0.717) is 25.9 Å². The second-order valence-corrected chi connectivity index (χ2v) is 8.56. The lowest BCUT2D eigenvalue weighted by Crippen LogP contribution is -2.57. The molecule has 2 heterocycles. The van der Waals surface area contributed by atoms with E-state index in [9.17, 15) is 9.59 Å². The number of nitrogens with zero attached hydrogens (tertiary/aromatic N) is 2. The van der Waals surface area contributed by atoms with Gasteiger partial charge in [-0.2, -0.15) is 0 Å². The topological polar surface area (TPSA) is 59.5 Å². The molecule has 1 aliphatic heterocycles. The van der Waals surface area contributed by atoms with Crippen molar-refractivity contribution in [3.05, 3.63) is 16.1 Å². The summed E-state index contributed by atoms with van der Waals surface area (Å²) in [6.07, 6.45) is 1.92. The third-order valence-electron chi connectivity index (χ3n) is 5.46. The zero-order valence-corrected chi connectivity index (χ0v) is 15.0. The molecule has 0 spiro atoms. The molecule has 2 aliphatic rings. The maximum absolute atomic E-state index is 12.6. The molecule has 6 heteroatoms. The number of amides is 1. The van der Waals surface area contributed by atoms with E-state index in [0.717, 1.165) is 17.1 Å². The standard InChI is InChI=1S/C17H24N2O3S/c1-11-18-12(8-23-11)5-6-14(20)19-7-13-16(2,3)9-17(13,10-19)15(21)22-4/h8,13H,5-7,9-10H2,1-4H3/t13-,17+/m1/s1. The van der Waals surface area contributed by atoms with Crippen LogP contribution in [-0.4, -0.2) is 42.0 Å². The SMILES string of the molecule is COC(=O)[C@@]12CN(C(=O)CCc3csc(C)n3)C[C@@H]1C(C)(C)C2.